The van der Waals surface area contributed by atoms with E-state index < -0.39 is 23.5 Å². The molecule has 0 spiro atoms. The lowest BCUT2D eigenvalue weighted by Crippen LogP contribution is -2.36. The van der Waals surface area contributed by atoms with Gasteiger partial charge in [-0.1, -0.05) is 24.6 Å². The fourth-order valence-electron chi connectivity index (χ4n) is 5.93. The number of carboxylic acid groups (broad SMARTS) is 1. The highest BCUT2D eigenvalue weighted by molar-refractivity contribution is 5.97. The third-order valence-electron chi connectivity index (χ3n) is 8.01. The summed E-state index contributed by atoms with van der Waals surface area (Å²) < 4.78 is 23.4. The van der Waals surface area contributed by atoms with E-state index in [4.69, 9.17) is 4.74 Å². The van der Waals surface area contributed by atoms with E-state index in [1.807, 2.05) is 33.8 Å². The average Bonchev–Trinajstić information content (AvgIpc) is 3.71. The maximum Gasteiger partial charge on any atom is 0.410 e. The minimum absolute atomic E-state index is 0.0670. The minimum atomic E-state index is -1.19. The summed E-state index contributed by atoms with van der Waals surface area (Å²) in [7, 11) is 0. The highest BCUT2D eigenvalue weighted by Gasteiger charge is 2.39. The number of carbonyl (C=O) groups is 3. The topological polar surface area (TPSA) is 134 Å². The Hall–Kier alpha value is -4.22. The van der Waals surface area contributed by atoms with Gasteiger partial charge in [0.25, 0.3) is 0 Å². The molecule has 1 saturated heterocycles. The van der Waals surface area contributed by atoms with Gasteiger partial charge >= 0.3 is 12.1 Å². The molecular weight excluding hydrogens is 543 g/mol. The molecular formula is C30H37FN6O5. The summed E-state index contributed by atoms with van der Waals surface area (Å²) >= 11 is 0. The van der Waals surface area contributed by atoms with Crippen molar-refractivity contribution < 1.29 is 28.6 Å². The number of fused-ring (bicyclic) bond motifs is 1. The SMILES string of the molecule is CCC1CN(C(=O)OC(C)(C)C)CC1c1cc(C2=CCCN(C(=O)CCn3ccnn3)C2)c(F)c2[nH]c(C(=O)O)cc12. The van der Waals surface area contributed by atoms with Gasteiger partial charge in [-0.15, -0.1) is 5.10 Å². The predicted molar refractivity (Wildman–Crippen MR) is 153 cm³/mol. The normalized spacial score (nSPS) is 19.3. The Balaban J connectivity index is 1.48. The molecule has 12 heteroatoms. The van der Waals surface area contributed by atoms with Gasteiger partial charge in [0.1, 0.15) is 11.3 Å². The number of hydrogen-bond donors (Lipinski definition) is 2. The van der Waals surface area contributed by atoms with Crippen LogP contribution in [0.3, 0.4) is 0 Å². The number of rotatable bonds is 7. The Kier molecular flexibility index (Phi) is 8.07. The van der Waals surface area contributed by atoms with Crippen molar-refractivity contribution in [2.45, 2.75) is 65.0 Å². The fourth-order valence-corrected chi connectivity index (χ4v) is 5.93. The fraction of sp³-hybridized carbons (Fsp3) is 0.500. The average molecular weight is 581 g/mol. The van der Waals surface area contributed by atoms with E-state index in [2.05, 4.69) is 15.3 Å². The Labute approximate surface area is 243 Å². The van der Waals surface area contributed by atoms with Crippen molar-refractivity contribution in [1.29, 1.82) is 0 Å². The number of carboxylic acids is 1. The molecule has 0 bridgehead atoms. The summed E-state index contributed by atoms with van der Waals surface area (Å²) in [6, 6.07) is 3.26. The zero-order valence-corrected chi connectivity index (χ0v) is 24.4. The summed E-state index contributed by atoms with van der Waals surface area (Å²) in [5.41, 5.74) is 1.13. The van der Waals surface area contributed by atoms with Crippen LogP contribution in [0, 0.1) is 11.7 Å². The Bertz CT molecular complexity index is 1520. The number of aryl methyl sites for hydroxylation is 1. The molecule has 0 radical (unpaired) electrons. The number of amides is 2. The van der Waals surface area contributed by atoms with Gasteiger partial charge in [0.2, 0.25) is 5.91 Å². The number of aromatic nitrogens is 4. The highest BCUT2D eigenvalue weighted by Crippen LogP contribution is 2.42. The molecule has 11 nitrogen and oxygen atoms in total. The van der Waals surface area contributed by atoms with Crippen molar-refractivity contribution in [3.8, 4) is 0 Å². The summed E-state index contributed by atoms with van der Waals surface area (Å²) in [5.74, 6) is -1.91. The lowest BCUT2D eigenvalue weighted by atomic mass is 9.83. The number of nitrogens with zero attached hydrogens (tertiary/aromatic N) is 5. The van der Waals surface area contributed by atoms with Crippen molar-refractivity contribution in [3.05, 3.63) is 53.2 Å². The molecule has 1 fully saturated rings. The second-order valence-corrected chi connectivity index (χ2v) is 12.0. The van der Waals surface area contributed by atoms with Crippen molar-refractivity contribution in [1.82, 2.24) is 29.8 Å². The number of benzene rings is 1. The number of carbonyl (C=O) groups excluding carboxylic acids is 2. The number of H-pyrrole nitrogens is 1. The van der Waals surface area contributed by atoms with E-state index in [-0.39, 0.29) is 41.9 Å². The van der Waals surface area contributed by atoms with Crippen LogP contribution >= 0.6 is 0 Å². The second kappa shape index (κ2) is 11.6. The first-order valence-electron chi connectivity index (χ1n) is 14.3. The van der Waals surface area contributed by atoms with Crippen molar-refractivity contribution in [3.63, 3.8) is 0 Å². The molecule has 0 aliphatic carbocycles. The van der Waals surface area contributed by atoms with Gasteiger partial charge in [-0.3, -0.25) is 9.48 Å². The molecule has 2 N–H and O–H groups in total. The zero-order valence-electron chi connectivity index (χ0n) is 24.4. The Morgan fingerprint density at radius 2 is 1.98 bits per heavy atom. The molecule has 42 heavy (non-hydrogen) atoms. The third kappa shape index (κ3) is 6.02. The lowest BCUT2D eigenvalue weighted by molar-refractivity contribution is -0.131. The monoisotopic (exact) mass is 580 g/mol. The lowest BCUT2D eigenvalue weighted by Gasteiger charge is -2.29. The Morgan fingerprint density at radius 3 is 2.64 bits per heavy atom. The van der Waals surface area contributed by atoms with Gasteiger partial charge in [0.15, 0.2) is 5.82 Å². The molecule has 2 aliphatic heterocycles. The summed E-state index contributed by atoms with van der Waals surface area (Å²) in [6.07, 6.45) is 6.36. The number of aromatic amines is 1. The summed E-state index contributed by atoms with van der Waals surface area (Å²) in [5, 5.41) is 17.8. The summed E-state index contributed by atoms with van der Waals surface area (Å²) in [4.78, 5) is 44.0. The van der Waals surface area contributed by atoms with Gasteiger partial charge in [-0.25, -0.2) is 14.0 Å². The van der Waals surface area contributed by atoms with E-state index in [9.17, 15) is 19.5 Å². The van der Waals surface area contributed by atoms with Crippen LogP contribution in [0.1, 0.15) is 74.5 Å². The van der Waals surface area contributed by atoms with Gasteiger partial charge in [0, 0.05) is 55.7 Å². The quantitative estimate of drug-likeness (QED) is 0.415. The third-order valence-corrected chi connectivity index (χ3v) is 8.01. The van der Waals surface area contributed by atoms with Crippen LogP contribution in [0.25, 0.3) is 16.5 Å². The van der Waals surface area contributed by atoms with Crippen LogP contribution in [-0.2, 0) is 16.1 Å². The van der Waals surface area contributed by atoms with Crippen LogP contribution in [0.4, 0.5) is 9.18 Å². The number of halogens is 1. The van der Waals surface area contributed by atoms with Crippen LogP contribution in [0.5, 0.6) is 0 Å². The van der Waals surface area contributed by atoms with E-state index in [1.54, 1.807) is 32.9 Å². The molecule has 2 amide bonds. The standard InChI is InChI=1S/C30H37FN6O5/c1-5-18-15-36(29(41)42-30(2,3)4)17-23(18)21-13-20(26(31)27-22(21)14-24(33-27)28(39)40)19-7-6-10-35(16-19)25(38)8-11-37-12-9-32-34-37/h7,9,12-14,18,23,33H,5-6,8,10-11,15-17H2,1-4H3,(H,39,40). The van der Waals surface area contributed by atoms with E-state index in [0.29, 0.717) is 49.1 Å². The minimum Gasteiger partial charge on any atom is -0.477 e. The number of hydrogen-bond acceptors (Lipinski definition) is 6. The largest absolute Gasteiger partial charge is 0.477 e. The molecule has 5 rings (SSSR count). The van der Waals surface area contributed by atoms with Crippen LogP contribution < -0.4 is 0 Å². The zero-order chi connectivity index (χ0) is 30.2. The first kappa shape index (κ1) is 29.3. The van der Waals surface area contributed by atoms with Gasteiger partial charge in [-0.05, 0) is 56.4 Å². The maximum absolute atomic E-state index is 16.2. The number of likely N-dealkylation sites (tertiary alicyclic amines) is 1. The van der Waals surface area contributed by atoms with Gasteiger partial charge in [-0.2, -0.15) is 0 Å². The second-order valence-electron chi connectivity index (χ2n) is 12.0. The molecule has 1 aromatic carbocycles. The van der Waals surface area contributed by atoms with E-state index in [1.165, 1.54) is 6.07 Å². The number of ether oxygens (including phenoxy) is 1. The van der Waals surface area contributed by atoms with Crippen LogP contribution in [0.2, 0.25) is 0 Å². The van der Waals surface area contributed by atoms with Gasteiger partial charge in [0.05, 0.1) is 18.3 Å². The van der Waals surface area contributed by atoms with Crippen molar-refractivity contribution >= 4 is 34.4 Å². The highest BCUT2D eigenvalue weighted by atomic mass is 19.1. The molecule has 2 unspecified atom stereocenters. The first-order valence-corrected chi connectivity index (χ1v) is 14.3. The van der Waals surface area contributed by atoms with E-state index in [0.717, 1.165) is 12.0 Å². The molecule has 4 heterocycles. The first-order chi connectivity index (χ1) is 19.9. The molecule has 224 valence electrons. The molecule has 0 saturated carbocycles. The van der Waals surface area contributed by atoms with Crippen molar-refractivity contribution in [2.75, 3.05) is 26.2 Å². The number of aromatic carboxylic acids is 1. The molecule has 2 aliphatic rings. The molecule has 2 aromatic heterocycles. The molecule has 3 aromatic rings. The van der Waals surface area contributed by atoms with Gasteiger partial charge < -0.3 is 24.6 Å². The molecule has 2 atom stereocenters. The van der Waals surface area contributed by atoms with Crippen LogP contribution in [-0.4, -0.2) is 84.6 Å². The van der Waals surface area contributed by atoms with E-state index >= 15 is 4.39 Å². The van der Waals surface area contributed by atoms with Crippen LogP contribution in [0.15, 0.2) is 30.6 Å². The smallest absolute Gasteiger partial charge is 0.410 e. The number of nitrogens with one attached hydrogen (secondary N) is 1. The summed E-state index contributed by atoms with van der Waals surface area (Å²) in [6.45, 7) is 9.50. The van der Waals surface area contributed by atoms with Crippen molar-refractivity contribution in [2.24, 2.45) is 5.92 Å². The maximum atomic E-state index is 16.2. The Morgan fingerprint density at radius 1 is 1.19 bits per heavy atom. The predicted octanol–water partition coefficient (Wildman–Crippen LogP) is 4.66.